The lowest BCUT2D eigenvalue weighted by Gasteiger charge is -2.11. The van der Waals surface area contributed by atoms with Crippen LogP contribution in [0.3, 0.4) is 0 Å². The zero-order valence-corrected chi connectivity index (χ0v) is 17.7. The Kier molecular flexibility index (Phi) is 4.88. The van der Waals surface area contributed by atoms with E-state index >= 15 is 0 Å². The van der Waals surface area contributed by atoms with Gasteiger partial charge in [0.25, 0.3) is 5.91 Å². The first-order valence-electron chi connectivity index (χ1n) is 9.84. The molecule has 0 spiro atoms. The molecule has 0 bridgehead atoms. The highest BCUT2D eigenvalue weighted by molar-refractivity contribution is 9.10. The van der Waals surface area contributed by atoms with E-state index in [1.807, 2.05) is 48.5 Å². The van der Waals surface area contributed by atoms with Crippen molar-refractivity contribution >= 4 is 49.9 Å². The van der Waals surface area contributed by atoms with Crippen LogP contribution < -0.4 is 11.1 Å². The fourth-order valence-corrected chi connectivity index (χ4v) is 4.10. The molecule has 1 aliphatic rings. The fraction of sp³-hybridized carbons (Fsp3) is 0.227. The van der Waals surface area contributed by atoms with Gasteiger partial charge in [-0.05, 0) is 49.2 Å². The highest BCUT2D eigenvalue weighted by atomic mass is 79.9. The van der Waals surface area contributed by atoms with Crippen LogP contribution in [0.15, 0.2) is 53.0 Å². The first kappa shape index (κ1) is 19.0. The number of anilines is 1. The molecule has 1 aliphatic heterocycles. The number of nitrogens with one attached hydrogen (secondary N) is 1. The number of halogens is 1. The smallest absolute Gasteiger partial charge is 0.257 e. The van der Waals surface area contributed by atoms with Crippen LogP contribution in [0.5, 0.6) is 0 Å². The average molecular weight is 466 g/mol. The molecule has 1 saturated heterocycles. The summed E-state index contributed by atoms with van der Waals surface area (Å²) in [6.45, 7) is 1.19. The summed E-state index contributed by atoms with van der Waals surface area (Å²) in [5.41, 5.74) is 10.2. The van der Waals surface area contributed by atoms with Crippen LogP contribution in [0.2, 0.25) is 0 Å². The third kappa shape index (κ3) is 3.32. The van der Waals surface area contributed by atoms with Crippen molar-refractivity contribution in [3.63, 3.8) is 0 Å². The molecule has 1 atom stereocenters. The van der Waals surface area contributed by atoms with Crippen molar-refractivity contribution in [1.82, 2.24) is 19.9 Å². The first-order chi connectivity index (χ1) is 14.6. The van der Waals surface area contributed by atoms with E-state index in [1.165, 1.54) is 0 Å². The molecule has 3 heterocycles. The van der Waals surface area contributed by atoms with Gasteiger partial charge in [-0.25, -0.2) is 9.97 Å². The van der Waals surface area contributed by atoms with Gasteiger partial charge in [0.2, 0.25) is 0 Å². The number of aromatic nitrogens is 3. The van der Waals surface area contributed by atoms with Gasteiger partial charge < -0.3 is 15.8 Å². The van der Waals surface area contributed by atoms with Gasteiger partial charge in [0.15, 0.2) is 5.65 Å². The van der Waals surface area contributed by atoms with Crippen LogP contribution in [0.4, 0.5) is 5.82 Å². The number of amides is 1. The number of carbonyl (C=O) groups is 1. The molecule has 30 heavy (non-hydrogen) atoms. The molecular weight excluding hydrogens is 446 g/mol. The van der Waals surface area contributed by atoms with E-state index in [0.29, 0.717) is 34.6 Å². The molecular formula is C22H20BrN5O2. The highest BCUT2D eigenvalue weighted by Crippen LogP contribution is 2.31. The Morgan fingerprint density at radius 2 is 1.90 bits per heavy atom. The minimum atomic E-state index is -0.270. The lowest BCUT2D eigenvalue weighted by Crippen LogP contribution is -2.32. The number of hydrogen-bond acceptors (Lipinski definition) is 5. The number of hydrogen-bond donors (Lipinski definition) is 2. The third-order valence-corrected chi connectivity index (χ3v) is 5.85. The summed E-state index contributed by atoms with van der Waals surface area (Å²) in [6, 6.07) is 15.3. The van der Waals surface area contributed by atoms with E-state index in [1.54, 1.807) is 4.57 Å². The maximum absolute atomic E-state index is 13.1. The van der Waals surface area contributed by atoms with Crippen LogP contribution in [-0.4, -0.2) is 39.7 Å². The SMILES string of the molecule is Nc1c(C(=O)NCC2CCCO2)c2nc3ccccc3nc2n1-c1ccc(Br)cc1. The topological polar surface area (TPSA) is 95.1 Å². The predicted octanol–water partition coefficient (Wildman–Crippen LogP) is 3.83. The van der Waals surface area contributed by atoms with E-state index in [4.69, 9.17) is 20.4 Å². The number of para-hydroxylation sites is 2. The van der Waals surface area contributed by atoms with Crippen LogP contribution in [0.25, 0.3) is 27.9 Å². The first-order valence-corrected chi connectivity index (χ1v) is 10.6. The minimum Gasteiger partial charge on any atom is -0.384 e. The number of fused-ring (bicyclic) bond motifs is 2. The summed E-state index contributed by atoms with van der Waals surface area (Å²) >= 11 is 3.46. The standard InChI is InChI=1S/C22H20BrN5O2/c23-13-7-9-14(10-8-13)28-20(24)18(22(29)25-12-15-4-3-11-30-15)19-21(28)27-17-6-2-1-5-16(17)26-19/h1-2,5-10,15H,3-4,11-12,24H2,(H,25,29). The molecule has 0 saturated carbocycles. The summed E-state index contributed by atoms with van der Waals surface area (Å²) < 4.78 is 8.35. The molecule has 3 N–H and O–H groups in total. The van der Waals surface area contributed by atoms with Gasteiger partial charge in [0.1, 0.15) is 16.9 Å². The normalized spacial score (nSPS) is 16.4. The van der Waals surface area contributed by atoms with Gasteiger partial charge in [0, 0.05) is 23.3 Å². The summed E-state index contributed by atoms with van der Waals surface area (Å²) in [7, 11) is 0. The summed E-state index contributed by atoms with van der Waals surface area (Å²) in [4.78, 5) is 22.7. The Morgan fingerprint density at radius 3 is 2.60 bits per heavy atom. The van der Waals surface area contributed by atoms with E-state index in [0.717, 1.165) is 35.1 Å². The zero-order chi connectivity index (χ0) is 20.7. The summed E-state index contributed by atoms with van der Waals surface area (Å²) in [5, 5.41) is 2.96. The van der Waals surface area contributed by atoms with E-state index in [2.05, 4.69) is 21.2 Å². The number of ether oxygens (including phenoxy) is 1. The van der Waals surface area contributed by atoms with Crippen LogP contribution >= 0.6 is 15.9 Å². The van der Waals surface area contributed by atoms with Crippen LogP contribution in [-0.2, 0) is 4.74 Å². The summed E-state index contributed by atoms with van der Waals surface area (Å²) in [6.07, 6.45) is 2.01. The number of nitrogens with two attached hydrogens (primary N) is 1. The molecule has 2 aromatic carbocycles. The quantitative estimate of drug-likeness (QED) is 0.477. The summed E-state index contributed by atoms with van der Waals surface area (Å²) in [5.74, 6) is 0.0425. The highest BCUT2D eigenvalue weighted by Gasteiger charge is 2.26. The third-order valence-electron chi connectivity index (χ3n) is 5.32. The second-order valence-electron chi connectivity index (χ2n) is 7.30. The molecule has 7 nitrogen and oxygen atoms in total. The second kappa shape index (κ2) is 7.70. The van der Waals surface area contributed by atoms with E-state index in [9.17, 15) is 4.79 Å². The van der Waals surface area contributed by atoms with Gasteiger partial charge >= 0.3 is 0 Å². The van der Waals surface area contributed by atoms with Crippen molar-refractivity contribution in [3.05, 3.63) is 58.6 Å². The van der Waals surface area contributed by atoms with Crippen molar-refractivity contribution in [2.75, 3.05) is 18.9 Å². The predicted molar refractivity (Wildman–Crippen MR) is 120 cm³/mol. The molecule has 152 valence electrons. The number of rotatable bonds is 4. The van der Waals surface area contributed by atoms with Crippen molar-refractivity contribution in [3.8, 4) is 5.69 Å². The number of carbonyl (C=O) groups excluding carboxylic acids is 1. The Labute approximate surface area is 181 Å². The van der Waals surface area contributed by atoms with Crippen molar-refractivity contribution in [2.24, 2.45) is 0 Å². The van der Waals surface area contributed by atoms with Crippen molar-refractivity contribution < 1.29 is 9.53 Å². The molecule has 2 aromatic heterocycles. The minimum absolute atomic E-state index is 0.0434. The Bertz CT molecular complexity index is 1250. The Morgan fingerprint density at radius 1 is 1.17 bits per heavy atom. The van der Waals surface area contributed by atoms with Gasteiger partial charge in [-0.2, -0.15) is 0 Å². The van der Waals surface area contributed by atoms with Crippen molar-refractivity contribution in [1.29, 1.82) is 0 Å². The molecule has 0 aliphatic carbocycles. The van der Waals surface area contributed by atoms with Crippen LogP contribution in [0.1, 0.15) is 23.2 Å². The lowest BCUT2D eigenvalue weighted by atomic mass is 10.2. The monoisotopic (exact) mass is 465 g/mol. The Balaban J connectivity index is 1.66. The zero-order valence-electron chi connectivity index (χ0n) is 16.1. The number of nitrogen functional groups attached to an aromatic ring is 1. The number of nitrogens with zero attached hydrogens (tertiary/aromatic N) is 3. The van der Waals surface area contributed by atoms with Gasteiger partial charge in [-0.3, -0.25) is 9.36 Å². The van der Waals surface area contributed by atoms with Crippen molar-refractivity contribution in [2.45, 2.75) is 18.9 Å². The molecule has 1 fully saturated rings. The average Bonchev–Trinajstić information content (AvgIpc) is 3.37. The van der Waals surface area contributed by atoms with Gasteiger partial charge in [-0.1, -0.05) is 28.1 Å². The molecule has 4 aromatic rings. The Hall–Kier alpha value is -2.97. The largest absolute Gasteiger partial charge is 0.384 e. The molecule has 1 amide bonds. The molecule has 0 radical (unpaired) electrons. The molecule has 8 heteroatoms. The second-order valence-corrected chi connectivity index (χ2v) is 8.22. The van der Waals surface area contributed by atoms with Crippen LogP contribution in [0, 0.1) is 0 Å². The lowest BCUT2D eigenvalue weighted by molar-refractivity contribution is 0.0859. The fourth-order valence-electron chi connectivity index (χ4n) is 3.84. The number of benzene rings is 2. The maximum Gasteiger partial charge on any atom is 0.257 e. The maximum atomic E-state index is 13.1. The molecule has 1 unspecified atom stereocenters. The van der Waals surface area contributed by atoms with Gasteiger partial charge in [-0.15, -0.1) is 0 Å². The van der Waals surface area contributed by atoms with E-state index in [-0.39, 0.29) is 12.0 Å². The van der Waals surface area contributed by atoms with E-state index < -0.39 is 0 Å². The van der Waals surface area contributed by atoms with Gasteiger partial charge in [0.05, 0.1) is 17.1 Å². The molecule has 5 rings (SSSR count).